The van der Waals surface area contributed by atoms with Gasteiger partial charge in [0.05, 0.1) is 0 Å². The largest absolute Gasteiger partial charge is 0.356 e. The van der Waals surface area contributed by atoms with Crippen molar-refractivity contribution in [3.63, 3.8) is 0 Å². The van der Waals surface area contributed by atoms with Crippen molar-refractivity contribution in [1.29, 1.82) is 0 Å². The number of hydrogen-bond donors (Lipinski definition) is 0. The molecular weight excluding hydrogens is 250 g/mol. The van der Waals surface area contributed by atoms with Gasteiger partial charge in [-0.15, -0.1) is 12.4 Å². The summed E-state index contributed by atoms with van der Waals surface area (Å²) in [5.41, 5.74) is 0. The summed E-state index contributed by atoms with van der Waals surface area (Å²) in [5.74, 6) is 1.70. The van der Waals surface area contributed by atoms with Crippen LogP contribution in [-0.2, 0) is 0 Å². The van der Waals surface area contributed by atoms with Crippen LogP contribution in [-0.4, -0.2) is 32.6 Å². The Bertz CT molecular complexity index is 479. The first-order valence-electron chi connectivity index (χ1n) is 6.00. The molecule has 0 atom stereocenters. The van der Waals surface area contributed by atoms with Crippen molar-refractivity contribution < 1.29 is 0 Å². The monoisotopic (exact) mass is 265 g/mol. The van der Waals surface area contributed by atoms with Gasteiger partial charge in [0.15, 0.2) is 0 Å². The first kappa shape index (κ1) is 12.8. The number of hydrogen-bond acceptors (Lipinski definition) is 4. The molecule has 0 aromatic carbocycles. The zero-order chi connectivity index (χ0) is 11.5. The van der Waals surface area contributed by atoms with Crippen LogP contribution in [0.3, 0.4) is 0 Å². The molecule has 3 rings (SSSR count). The van der Waals surface area contributed by atoms with E-state index in [1.165, 1.54) is 19.3 Å². The first-order valence-corrected chi connectivity index (χ1v) is 6.00. The summed E-state index contributed by atoms with van der Waals surface area (Å²) in [4.78, 5) is 15.2. The van der Waals surface area contributed by atoms with Crippen LogP contribution < -0.4 is 4.90 Å². The van der Waals surface area contributed by atoms with Crippen LogP contribution in [0.15, 0.2) is 31.0 Å². The second-order valence-electron chi connectivity index (χ2n) is 4.23. The summed E-state index contributed by atoms with van der Waals surface area (Å²) in [7, 11) is 0. The highest BCUT2D eigenvalue weighted by atomic mass is 35.5. The Morgan fingerprint density at radius 3 is 2.61 bits per heavy atom. The van der Waals surface area contributed by atoms with Gasteiger partial charge in [-0.25, -0.2) is 9.97 Å². The topological polar surface area (TPSA) is 46.8 Å². The third-order valence-electron chi connectivity index (χ3n) is 3.04. The quantitative estimate of drug-likeness (QED) is 0.834. The Kier molecular flexibility index (Phi) is 4.15. The fraction of sp³-hybridized carbons (Fsp3) is 0.417. The van der Waals surface area contributed by atoms with Gasteiger partial charge in [-0.1, -0.05) is 0 Å². The van der Waals surface area contributed by atoms with Gasteiger partial charge in [-0.3, -0.25) is 4.57 Å². The SMILES string of the molecule is Cl.c1cn(-c2nccc(N3CCCCC3)n2)cn1. The molecule has 2 aromatic heterocycles. The van der Waals surface area contributed by atoms with Gasteiger partial charge in [-0.2, -0.15) is 4.98 Å². The zero-order valence-corrected chi connectivity index (χ0v) is 10.9. The van der Waals surface area contributed by atoms with Gasteiger partial charge in [-0.05, 0) is 25.3 Å². The van der Waals surface area contributed by atoms with E-state index in [2.05, 4.69) is 19.9 Å². The fourth-order valence-corrected chi connectivity index (χ4v) is 2.14. The molecule has 1 aliphatic rings. The minimum atomic E-state index is 0. The third-order valence-corrected chi connectivity index (χ3v) is 3.04. The molecule has 5 nitrogen and oxygen atoms in total. The smallest absolute Gasteiger partial charge is 0.236 e. The second-order valence-corrected chi connectivity index (χ2v) is 4.23. The van der Waals surface area contributed by atoms with E-state index in [4.69, 9.17) is 0 Å². The normalized spacial score (nSPS) is 15.2. The van der Waals surface area contributed by atoms with Crippen molar-refractivity contribution in [1.82, 2.24) is 19.5 Å². The maximum atomic E-state index is 4.58. The zero-order valence-electron chi connectivity index (χ0n) is 10.1. The maximum Gasteiger partial charge on any atom is 0.236 e. The molecule has 0 bridgehead atoms. The lowest BCUT2D eigenvalue weighted by Crippen LogP contribution is -2.30. The summed E-state index contributed by atoms with van der Waals surface area (Å²) in [6.07, 6.45) is 11.0. The highest BCUT2D eigenvalue weighted by Crippen LogP contribution is 2.17. The van der Waals surface area contributed by atoms with E-state index in [1.807, 2.05) is 23.0 Å². The van der Waals surface area contributed by atoms with Crippen LogP contribution in [0.25, 0.3) is 5.95 Å². The van der Waals surface area contributed by atoms with Crippen molar-refractivity contribution in [2.24, 2.45) is 0 Å². The van der Waals surface area contributed by atoms with Crippen LogP contribution >= 0.6 is 12.4 Å². The van der Waals surface area contributed by atoms with Crippen molar-refractivity contribution >= 4 is 18.2 Å². The van der Waals surface area contributed by atoms with E-state index in [1.54, 1.807) is 12.5 Å². The van der Waals surface area contributed by atoms with Gasteiger partial charge >= 0.3 is 0 Å². The molecule has 0 aliphatic carbocycles. The minimum Gasteiger partial charge on any atom is -0.356 e. The summed E-state index contributed by atoms with van der Waals surface area (Å²) in [6, 6.07) is 1.98. The Morgan fingerprint density at radius 2 is 1.89 bits per heavy atom. The molecule has 1 fully saturated rings. The molecule has 0 spiro atoms. The van der Waals surface area contributed by atoms with E-state index in [0.717, 1.165) is 18.9 Å². The molecule has 1 saturated heterocycles. The number of anilines is 1. The van der Waals surface area contributed by atoms with Gasteiger partial charge in [0, 0.05) is 31.7 Å². The van der Waals surface area contributed by atoms with Gasteiger partial charge in [0.2, 0.25) is 5.95 Å². The van der Waals surface area contributed by atoms with Crippen LogP contribution in [0.2, 0.25) is 0 Å². The Balaban J connectivity index is 0.00000120. The van der Waals surface area contributed by atoms with E-state index in [9.17, 15) is 0 Å². The lowest BCUT2D eigenvalue weighted by molar-refractivity contribution is 0.572. The lowest BCUT2D eigenvalue weighted by atomic mass is 10.1. The van der Waals surface area contributed by atoms with Crippen molar-refractivity contribution in [2.45, 2.75) is 19.3 Å². The van der Waals surface area contributed by atoms with Crippen LogP contribution in [0.1, 0.15) is 19.3 Å². The average Bonchev–Trinajstić information content (AvgIpc) is 2.94. The molecule has 18 heavy (non-hydrogen) atoms. The molecule has 0 amide bonds. The molecule has 3 heterocycles. The van der Waals surface area contributed by atoms with E-state index < -0.39 is 0 Å². The Morgan fingerprint density at radius 1 is 1.06 bits per heavy atom. The molecule has 96 valence electrons. The molecule has 0 unspecified atom stereocenters. The second kappa shape index (κ2) is 5.82. The molecule has 6 heteroatoms. The van der Waals surface area contributed by atoms with Gasteiger partial charge in [0.25, 0.3) is 0 Å². The van der Waals surface area contributed by atoms with Crippen molar-refractivity contribution in [2.75, 3.05) is 18.0 Å². The van der Waals surface area contributed by atoms with Crippen LogP contribution in [0.4, 0.5) is 5.82 Å². The number of halogens is 1. The summed E-state index contributed by atoms with van der Waals surface area (Å²) in [5, 5.41) is 0. The van der Waals surface area contributed by atoms with E-state index in [-0.39, 0.29) is 12.4 Å². The fourth-order valence-electron chi connectivity index (χ4n) is 2.14. The highest BCUT2D eigenvalue weighted by molar-refractivity contribution is 5.85. The van der Waals surface area contributed by atoms with Gasteiger partial charge in [0.1, 0.15) is 12.1 Å². The Hall–Kier alpha value is -1.62. The van der Waals surface area contributed by atoms with Crippen molar-refractivity contribution in [3.05, 3.63) is 31.0 Å². The first-order chi connectivity index (χ1) is 8.43. The number of aromatic nitrogens is 4. The molecule has 0 radical (unpaired) electrons. The van der Waals surface area contributed by atoms with Crippen molar-refractivity contribution in [3.8, 4) is 5.95 Å². The Labute approximate surface area is 112 Å². The summed E-state index contributed by atoms with van der Waals surface area (Å²) < 4.78 is 1.83. The molecule has 0 N–H and O–H groups in total. The predicted octanol–water partition coefficient (Wildman–Crippen LogP) is 2.07. The molecular formula is C12H16ClN5. The molecule has 2 aromatic rings. The number of imidazole rings is 1. The molecule has 0 saturated carbocycles. The van der Waals surface area contributed by atoms with Crippen LogP contribution in [0.5, 0.6) is 0 Å². The van der Waals surface area contributed by atoms with Crippen LogP contribution in [0, 0.1) is 0 Å². The summed E-state index contributed by atoms with van der Waals surface area (Å²) >= 11 is 0. The molecule has 1 aliphatic heterocycles. The predicted molar refractivity (Wildman–Crippen MR) is 72.5 cm³/mol. The third kappa shape index (κ3) is 2.61. The average molecular weight is 266 g/mol. The van der Waals surface area contributed by atoms with Gasteiger partial charge < -0.3 is 4.90 Å². The standard InChI is InChI=1S/C12H15N5.ClH/c1-2-7-16(8-3-1)11-4-5-14-12(15-11)17-9-6-13-10-17;/h4-6,9-10H,1-3,7-8H2;1H. The lowest BCUT2D eigenvalue weighted by Gasteiger charge is -2.27. The van der Waals surface area contributed by atoms with E-state index >= 15 is 0 Å². The minimum absolute atomic E-state index is 0. The summed E-state index contributed by atoms with van der Waals surface area (Å²) in [6.45, 7) is 2.20. The highest BCUT2D eigenvalue weighted by Gasteiger charge is 2.12. The number of nitrogens with zero attached hydrogens (tertiary/aromatic N) is 5. The number of rotatable bonds is 2. The maximum absolute atomic E-state index is 4.58. The number of piperidine rings is 1. The van der Waals surface area contributed by atoms with E-state index in [0.29, 0.717) is 5.95 Å².